The zero-order valence-corrected chi connectivity index (χ0v) is 18.8. The summed E-state index contributed by atoms with van der Waals surface area (Å²) in [5.41, 5.74) is 3.19. The number of carbonyl (C=O) groups is 2. The molecule has 0 bridgehead atoms. The van der Waals surface area contributed by atoms with Crippen LogP contribution in [0.3, 0.4) is 0 Å². The lowest BCUT2D eigenvalue weighted by molar-refractivity contribution is -0.140. The number of hydrogen-bond acceptors (Lipinski definition) is 6. The summed E-state index contributed by atoms with van der Waals surface area (Å²) in [6, 6.07) is 19.2. The van der Waals surface area contributed by atoms with Crippen molar-refractivity contribution in [2.45, 2.75) is 19.3 Å². The molecular weight excluding hydrogens is 418 g/mol. The molecule has 8 heteroatoms. The van der Waals surface area contributed by atoms with E-state index < -0.39 is 0 Å². The van der Waals surface area contributed by atoms with Crippen LogP contribution in [0.5, 0.6) is 0 Å². The first-order valence-corrected chi connectivity index (χ1v) is 10.8. The van der Waals surface area contributed by atoms with Gasteiger partial charge in [0.25, 0.3) is 5.91 Å². The van der Waals surface area contributed by atoms with Crippen LogP contribution in [0.15, 0.2) is 85.0 Å². The molecule has 8 nitrogen and oxygen atoms in total. The second-order valence-electron chi connectivity index (χ2n) is 7.75. The largest absolute Gasteiger partial charge is 0.469 e. The topological polar surface area (TPSA) is 70.9 Å². The number of methoxy groups -OCH3 is 1. The summed E-state index contributed by atoms with van der Waals surface area (Å²) in [5, 5.41) is 7.90. The first-order valence-electron chi connectivity index (χ1n) is 10.8. The highest BCUT2D eigenvalue weighted by atomic mass is 16.5. The zero-order valence-electron chi connectivity index (χ0n) is 18.8. The molecule has 0 N–H and O–H groups in total. The van der Waals surface area contributed by atoms with E-state index >= 15 is 0 Å². The standard InChI is InChI=1S/C25H27N5O3/c1-27-17-23(16-26-27)30(25(32)20-10-5-3-6-11-20)29-19-28(21-12-7-4-8-13-21)18-22(29)14-9-15-24(31)33-2/h3-8,10-13,16-18H,9,14-15,19H2,1-2H3. The van der Waals surface area contributed by atoms with Crippen molar-refractivity contribution < 1.29 is 14.3 Å². The van der Waals surface area contributed by atoms with Crippen LogP contribution >= 0.6 is 0 Å². The van der Waals surface area contributed by atoms with Crippen molar-refractivity contribution >= 4 is 23.3 Å². The number of amides is 1. The lowest BCUT2D eigenvalue weighted by Crippen LogP contribution is -2.47. The number of esters is 1. The second-order valence-corrected chi connectivity index (χ2v) is 7.75. The highest BCUT2D eigenvalue weighted by Crippen LogP contribution is 2.31. The second kappa shape index (κ2) is 10.0. The molecule has 2 heterocycles. The predicted molar refractivity (Wildman–Crippen MR) is 126 cm³/mol. The zero-order chi connectivity index (χ0) is 23.2. The van der Waals surface area contributed by atoms with Crippen molar-refractivity contribution in [1.29, 1.82) is 0 Å². The minimum Gasteiger partial charge on any atom is -0.469 e. The fraction of sp³-hybridized carbons (Fsp3) is 0.240. The van der Waals surface area contributed by atoms with Gasteiger partial charge in [-0.3, -0.25) is 19.3 Å². The molecule has 3 aromatic rings. The third kappa shape index (κ3) is 5.06. The van der Waals surface area contributed by atoms with E-state index in [9.17, 15) is 9.59 Å². The molecule has 4 rings (SSSR count). The molecule has 0 unspecified atom stereocenters. The Labute approximate surface area is 193 Å². The lowest BCUT2D eigenvalue weighted by Gasteiger charge is -2.34. The summed E-state index contributed by atoms with van der Waals surface area (Å²) in [6.07, 6.45) is 7.06. The number of aryl methyl sites for hydroxylation is 1. The van der Waals surface area contributed by atoms with Crippen molar-refractivity contribution in [3.63, 3.8) is 0 Å². The maximum Gasteiger partial charge on any atom is 0.305 e. The van der Waals surface area contributed by atoms with Crippen LogP contribution in [0.2, 0.25) is 0 Å². The summed E-state index contributed by atoms with van der Waals surface area (Å²) in [5.74, 6) is -0.401. The van der Waals surface area contributed by atoms with E-state index in [1.807, 2.05) is 73.0 Å². The lowest BCUT2D eigenvalue weighted by atomic mass is 10.2. The molecular formula is C25H27N5O3. The molecule has 0 saturated heterocycles. The minimum absolute atomic E-state index is 0.155. The molecule has 1 amide bonds. The van der Waals surface area contributed by atoms with Gasteiger partial charge in [-0.15, -0.1) is 0 Å². The summed E-state index contributed by atoms with van der Waals surface area (Å²) in [4.78, 5) is 27.4. The summed E-state index contributed by atoms with van der Waals surface area (Å²) < 4.78 is 6.46. The molecule has 2 aromatic carbocycles. The minimum atomic E-state index is -0.246. The molecule has 0 fully saturated rings. The number of carbonyl (C=O) groups excluding carboxylic acids is 2. The predicted octanol–water partition coefficient (Wildman–Crippen LogP) is 3.95. The van der Waals surface area contributed by atoms with Crippen molar-refractivity contribution in [2.75, 3.05) is 23.7 Å². The van der Waals surface area contributed by atoms with Gasteiger partial charge >= 0.3 is 5.97 Å². The van der Waals surface area contributed by atoms with Gasteiger partial charge < -0.3 is 9.64 Å². The van der Waals surface area contributed by atoms with Crippen molar-refractivity contribution in [1.82, 2.24) is 14.8 Å². The number of ether oxygens (including phenoxy) is 1. The van der Waals surface area contributed by atoms with Gasteiger partial charge in [0.1, 0.15) is 12.4 Å². The third-order valence-corrected chi connectivity index (χ3v) is 5.44. The van der Waals surface area contributed by atoms with Crippen molar-refractivity contribution in [2.24, 2.45) is 7.05 Å². The molecule has 0 atom stereocenters. The fourth-order valence-corrected chi connectivity index (χ4v) is 3.79. The molecule has 1 aliphatic rings. The highest BCUT2D eigenvalue weighted by molar-refractivity contribution is 6.05. The summed E-state index contributed by atoms with van der Waals surface area (Å²) in [6.45, 7) is 0.449. The van der Waals surface area contributed by atoms with Crippen LogP contribution in [-0.2, 0) is 16.6 Å². The Morgan fingerprint density at radius 2 is 1.76 bits per heavy atom. The molecule has 1 aliphatic heterocycles. The average molecular weight is 446 g/mol. The van der Waals surface area contributed by atoms with Crippen molar-refractivity contribution in [3.8, 4) is 0 Å². The Hall–Kier alpha value is -4.07. The van der Waals surface area contributed by atoms with Crippen LogP contribution in [0.4, 0.5) is 11.4 Å². The Bertz CT molecular complexity index is 1130. The van der Waals surface area contributed by atoms with Crippen LogP contribution < -0.4 is 9.91 Å². The number of aromatic nitrogens is 2. The van der Waals surface area contributed by atoms with Gasteiger partial charge in [-0.25, -0.2) is 5.01 Å². The first kappa shape index (κ1) is 22.1. The van der Waals surface area contributed by atoms with Crippen molar-refractivity contribution in [3.05, 3.63) is 90.5 Å². The number of rotatable bonds is 8. The van der Waals surface area contributed by atoms with E-state index in [1.165, 1.54) is 7.11 Å². The fourth-order valence-electron chi connectivity index (χ4n) is 3.79. The Morgan fingerprint density at radius 3 is 2.39 bits per heavy atom. The van der Waals surface area contributed by atoms with Gasteiger partial charge in [0.15, 0.2) is 0 Å². The number of anilines is 2. The van der Waals surface area contributed by atoms with E-state index in [4.69, 9.17) is 4.74 Å². The van der Waals surface area contributed by atoms with Gasteiger partial charge in [0.2, 0.25) is 0 Å². The Kier molecular flexibility index (Phi) is 6.73. The van der Waals surface area contributed by atoms with Gasteiger partial charge in [-0.2, -0.15) is 5.10 Å². The Morgan fingerprint density at radius 1 is 1.06 bits per heavy atom. The Balaban J connectivity index is 1.68. The number of nitrogens with zero attached hydrogens (tertiary/aromatic N) is 5. The van der Waals surface area contributed by atoms with Crippen LogP contribution in [0.1, 0.15) is 29.6 Å². The quantitative estimate of drug-likeness (QED) is 0.489. The SMILES string of the molecule is COC(=O)CCCC1=CN(c2ccccc2)CN1N(C(=O)c1ccccc1)c1cnn(C)c1. The number of para-hydroxylation sites is 1. The molecule has 0 saturated carbocycles. The number of hydrazine groups is 1. The molecule has 0 spiro atoms. The molecule has 0 aliphatic carbocycles. The maximum atomic E-state index is 13.7. The normalized spacial score (nSPS) is 13.1. The summed E-state index contributed by atoms with van der Waals surface area (Å²) in [7, 11) is 3.21. The molecule has 33 heavy (non-hydrogen) atoms. The van der Waals surface area contributed by atoms with E-state index in [0.29, 0.717) is 37.2 Å². The number of hydrogen-bond donors (Lipinski definition) is 0. The van der Waals surface area contributed by atoms with E-state index in [2.05, 4.69) is 10.00 Å². The monoisotopic (exact) mass is 445 g/mol. The summed E-state index contributed by atoms with van der Waals surface area (Å²) >= 11 is 0. The van der Waals surface area contributed by atoms with Crippen LogP contribution in [0.25, 0.3) is 0 Å². The third-order valence-electron chi connectivity index (χ3n) is 5.44. The van der Waals surface area contributed by atoms with E-state index in [-0.39, 0.29) is 11.9 Å². The van der Waals surface area contributed by atoms with Gasteiger partial charge in [-0.05, 0) is 37.1 Å². The van der Waals surface area contributed by atoms with Crippen LogP contribution in [0, 0.1) is 0 Å². The van der Waals surface area contributed by atoms with Crippen LogP contribution in [-0.4, -0.2) is 40.4 Å². The smallest absolute Gasteiger partial charge is 0.305 e. The van der Waals surface area contributed by atoms with E-state index in [0.717, 1.165) is 11.4 Å². The van der Waals surface area contributed by atoms with Gasteiger partial charge in [0.05, 0.1) is 25.2 Å². The molecule has 170 valence electrons. The number of allylic oxidation sites excluding steroid dienone is 1. The average Bonchev–Trinajstić information content (AvgIpc) is 3.47. The highest BCUT2D eigenvalue weighted by Gasteiger charge is 2.32. The molecule has 1 aromatic heterocycles. The number of benzene rings is 2. The van der Waals surface area contributed by atoms with E-state index in [1.54, 1.807) is 28.0 Å². The maximum absolute atomic E-state index is 13.7. The van der Waals surface area contributed by atoms with Gasteiger partial charge in [0, 0.05) is 30.9 Å². The molecule has 0 radical (unpaired) electrons. The van der Waals surface area contributed by atoms with Gasteiger partial charge in [-0.1, -0.05) is 36.4 Å². The first-order chi connectivity index (χ1) is 16.1.